The van der Waals surface area contributed by atoms with Gasteiger partial charge in [-0.05, 0) is 42.7 Å². The number of ether oxygens (including phenoxy) is 2. The molecule has 1 unspecified atom stereocenters. The molecule has 0 saturated carbocycles. The van der Waals surface area contributed by atoms with E-state index < -0.39 is 12.0 Å². The standard InChI is InChI=1S/C21H24ClNO4/c1-3-15-9-11-16(12-10-15)27-14-20(24)23-19(13-21(25)26-4-2)17-7-5-6-8-18(17)22/h5-12,19H,3-4,13-14H2,1-2H3,(H,23,24). The predicted octanol–water partition coefficient (Wildman–Crippen LogP) is 4.09. The molecule has 0 aliphatic carbocycles. The van der Waals surface area contributed by atoms with Gasteiger partial charge in [0.05, 0.1) is 19.1 Å². The predicted molar refractivity (Wildman–Crippen MR) is 105 cm³/mol. The van der Waals surface area contributed by atoms with E-state index in [-0.39, 0.29) is 25.5 Å². The van der Waals surface area contributed by atoms with Crippen LogP contribution in [0.25, 0.3) is 0 Å². The fourth-order valence-corrected chi connectivity index (χ4v) is 2.86. The van der Waals surface area contributed by atoms with Gasteiger partial charge in [-0.15, -0.1) is 0 Å². The van der Waals surface area contributed by atoms with Gasteiger partial charge in [0.2, 0.25) is 0 Å². The van der Waals surface area contributed by atoms with E-state index in [9.17, 15) is 9.59 Å². The lowest BCUT2D eigenvalue weighted by Gasteiger charge is -2.20. The van der Waals surface area contributed by atoms with Crippen molar-refractivity contribution in [3.05, 3.63) is 64.7 Å². The van der Waals surface area contributed by atoms with Crippen LogP contribution in [0.2, 0.25) is 5.02 Å². The molecule has 6 heteroatoms. The number of aryl methyl sites for hydroxylation is 1. The molecule has 2 rings (SSSR count). The molecular weight excluding hydrogens is 366 g/mol. The highest BCUT2D eigenvalue weighted by molar-refractivity contribution is 6.31. The van der Waals surface area contributed by atoms with Gasteiger partial charge >= 0.3 is 5.97 Å². The molecule has 0 heterocycles. The van der Waals surface area contributed by atoms with Crippen LogP contribution in [-0.4, -0.2) is 25.1 Å². The molecule has 0 aliphatic heterocycles. The molecule has 1 N–H and O–H groups in total. The number of benzene rings is 2. The van der Waals surface area contributed by atoms with Crippen molar-refractivity contribution >= 4 is 23.5 Å². The number of carbonyl (C=O) groups excluding carboxylic acids is 2. The Labute approximate surface area is 164 Å². The molecule has 27 heavy (non-hydrogen) atoms. The topological polar surface area (TPSA) is 64.6 Å². The zero-order chi connectivity index (χ0) is 19.6. The first-order chi connectivity index (χ1) is 13.0. The van der Waals surface area contributed by atoms with Crippen molar-refractivity contribution in [1.82, 2.24) is 5.32 Å². The Morgan fingerprint density at radius 3 is 2.41 bits per heavy atom. The number of carbonyl (C=O) groups is 2. The van der Waals surface area contributed by atoms with E-state index in [0.29, 0.717) is 16.3 Å². The molecule has 0 spiro atoms. The lowest BCUT2D eigenvalue weighted by Crippen LogP contribution is -2.34. The van der Waals surface area contributed by atoms with Crippen molar-refractivity contribution in [3.63, 3.8) is 0 Å². The van der Waals surface area contributed by atoms with E-state index >= 15 is 0 Å². The second-order valence-electron chi connectivity index (χ2n) is 5.94. The van der Waals surface area contributed by atoms with Crippen LogP contribution >= 0.6 is 11.6 Å². The molecular formula is C21H24ClNO4. The van der Waals surface area contributed by atoms with Crippen molar-refractivity contribution in [2.45, 2.75) is 32.7 Å². The van der Waals surface area contributed by atoms with E-state index in [1.807, 2.05) is 24.3 Å². The SMILES string of the molecule is CCOC(=O)CC(NC(=O)COc1ccc(CC)cc1)c1ccccc1Cl. The molecule has 0 bridgehead atoms. The number of amides is 1. The lowest BCUT2D eigenvalue weighted by molar-refractivity contribution is -0.143. The number of nitrogens with one attached hydrogen (secondary N) is 1. The first kappa shape index (κ1) is 20.8. The second kappa shape index (κ2) is 10.6. The largest absolute Gasteiger partial charge is 0.484 e. The zero-order valence-corrected chi connectivity index (χ0v) is 16.3. The minimum Gasteiger partial charge on any atom is -0.484 e. The molecule has 0 aliphatic rings. The van der Waals surface area contributed by atoms with Gasteiger partial charge in [-0.25, -0.2) is 0 Å². The van der Waals surface area contributed by atoms with Crippen LogP contribution in [0.15, 0.2) is 48.5 Å². The number of hydrogen-bond acceptors (Lipinski definition) is 4. The summed E-state index contributed by atoms with van der Waals surface area (Å²) in [5, 5.41) is 3.28. The first-order valence-electron chi connectivity index (χ1n) is 8.94. The maximum Gasteiger partial charge on any atom is 0.308 e. The van der Waals surface area contributed by atoms with Crippen LogP contribution in [0.1, 0.15) is 37.4 Å². The minimum absolute atomic E-state index is 0.00545. The van der Waals surface area contributed by atoms with Crippen LogP contribution in [0, 0.1) is 0 Å². The van der Waals surface area contributed by atoms with Crippen molar-refractivity contribution in [1.29, 1.82) is 0 Å². The van der Waals surface area contributed by atoms with E-state index in [4.69, 9.17) is 21.1 Å². The Morgan fingerprint density at radius 2 is 1.78 bits per heavy atom. The van der Waals surface area contributed by atoms with Crippen molar-refractivity contribution in [3.8, 4) is 5.75 Å². The van der Waals surface area contributed by atoms with Crippen LogP contribution in [0.3, 0.4) is 0 Å². The molecule has 0 aromatic heterocycles. The van der Waals surface area contributed by atoms with Crippen molar-refractivity contribution in [2.24, 2.45) is 0 Å². The van der Waals surface area contributed by atoms with Gasteiger partial charge in [-0.1, -0.05) is 48.9 Å². The monoisotopic (exact) mass is 389 g/mol. The molecule has 0 radical (unpaired) electrons. The highest BCUT2D eigenvalue weighted by Crippen LogP contribution is 2.25. The maximum absolute atomic E-state index is 12.3. The summed E-state index contributed by atoms with van der Waals surface area (Å²) in [5.74, 6) is -0.135. The summed E-state index contributed by atoms with van der Waals surface area (Å²) in [7, 11) is 0. The lowest BCUT2D eigenvalue weighted by atomic mass is 10.0. The Morgan fingerprint density at radius 1 is 1.07 bits per heavy atom. The van der Waals surface area contributed by atoms with Gasteiger partial charge in [-0.3, -0.25) is 9.59 Å². The summed E-state index contributed by atoms with van der Waals surface area (Å²) in [5.41, 5.74) is 1.85. The summed E-state index contributed by atoms with van der Waals surface area (Å²) in [4.78, 5) is 24.3. The number of hydrogen-bond donors (Lipinski definition) is 1. The van der Waals surface area contributed by atoms with Crippen LogP contribution in [-0.2, 0) is 20.7 Å². The summed E-state index contributed by atoms with van der Waals surface area (Å²) < 4.78 is 10.5. The van der Waals surface area contributed by atoms with Crippen LogP contribution in [0.5, 0.6) is 5.75 Å². The molecule has 0 fully saturated rings. The molecule has 144 valence electrons. The van der Waals surface area contributed by atoms with Gasteiger partial charge < -0.3 is 14.8 Å². The molecule has 1 amide bonds. The average molecular weight is 390 g/mol. The first-order valence-corrected chi connectivity index (χ1v) is 9.32. The van der Waals surface area contributed by atoms with Gasteiger partial charge in [0.25, 0.3) is 5.91 Å². The molecule has 1 atom stereocenters. The Balaban J connectivity index is 2.01. The molecule has 2 aromatic rings. The summed E-state index contributed by atoms with van der Waals surface area (Å²) in [6.07, 6.45) is 0.933. The van der Waals surface area contributed by atoms with Gasteiger partial charge in [0, 0.05) is 5.02 Å². The minimum atomic E-state index is -0.587. The molecule has 0 saturated heterocycles. The number of rotatable bonds is 9. The van der Waals surface area contributed by atoms with E-state index in [1.54, 1.807) is 31.2 Å². The Kier molecular flexibility index (Phi) is 8.14. The quantitative estimate of drug-likeness (QED) is 0.656. The zero-order valence-electron chi connectivity index (χ0n) is 15.5. The smallest absolute Gasteiger partial charge is 0.308 e. The van der Waals surface area contributed by atoms with Gasteiger partial charge in [0.1, 0.15) is 5.75 Å². The third-order valence-corrected chi connectivity index (χ3v) is 4.34. The van der Waals surface area contributed by atoms with Gasteiger partial charge in [-0.2, -0.15) is 0 Å². The maximum atomic E-state index is 12.3. The fraction of sp³-hybridized carbons (Fsp3) is 0.333. The van der Waals surface area contributed by atoms with Gasteiger partial charge in [0.15, 0.2) is 6.61 Å². The van der Waals surface area contributed by atoms with Crippen molar-refractivity contribution < 1.29 is 19.1 Å². The van der Waals surface area contributed by atoms with Crippen LogP contribution < -0.4 is 10.1 Å². The third kappa shape index (κ3) is 6.61. The van der Waals surface area contributed by atoms with Crippen molar-refractivity contribution in [2.75, 3.05) is 13.2 Å². The Bertz CT molecular complexity index is 761. The highest BCUT2D eigenvalue weighted by Gasteiger charge is 2.21. The Hall–Kier alpha value is -2.53. The molecule has 5 nitrogen and oxygen atoms in total. The summed E-state index contributed by atoms with van der Waals surface area (Å²) >= 11 is 6.23. The highest BCUT2D eigenvalue weighted by atomic mass is 35.5. The average Bonchev–Trinajstić information content (AvgIpc) is 2.67. The third-order valence-electron chi connectivity index (χ3n) is 3.99. The molecule has 2 aromatic carbocycles. The fourth-order valence-electron chi connectivity index (χ4n) is 2.59. The van der Waals surface area contributed by atoms with E-state index in [2.05, 4.69) is 12.2 Å². The van der Waals surface area contributed by atoms with E-state index in [0.717, 1.165) is 6.42 Å². The summed E-state index contributed by atoms with van der Waals surface area (Å²) in [6, 6.07) is 14.1. The normalized spacial score (nSPS) is 11.5. The number of halogens is 1. The van der Waals surface area contributed by atoms with Crippen LogP contribution in [0.4, 0.5) is 0 Å². The van der Waals surface area contributed by atoms with E-state index in [1.165, 1.54) is 5.56 Å². The number of esters is 1. The second-order valence-corrected chi connectivity index (χ2v) is 6.34. The summed E-state index contributed by atoms with van der Waals surface area (Å²) in [6.45, 7) is 3.93.